The number of esters is 3. The lowest BCUT2D eigenvalue weighted by Crippen LogP contribution is -2.30. The summed E-state index contributed by atoms with van der Waals surface area (Å²) in [5.41, 5.74) is 0. The lowest BCUT2D eigenvalue weighted by molar-refractivity contribution is -0.166. The number of hydrogen-bond acceptors (Lipinski definition) is 6. The number of unbranched alkanes of at least 4 members (excludes halogenated alkanes) is 20. The Morgan fingerprint density at radius 3 is 1.01 bits per heavy atom. The number of hydrogen-bond donors (Lipinski definition) is 0. The average Bonchev–Trinajstić information content (AvgIpc) is 3.36. The Morgan fingerprint density at radius 2 is 0.614 bits per heavy atom. The molecule has 0 fully saturated rings. The molecule has 0 aromatic carbocycles. The van der Waals surface area contributed by atoms with Crippen LogP contribution in [0.25, 0.3) is 0 Å². The summed E-state index contributed by atoms with van der Waals surface area (Å²) < 4.78 is 16.7. The van der Waals surface area contributed by atoms with Crippen LogP contribution in [-0.4, -0.2) is 37.2 Å². The number of ether oxygens (including phenoxy) is 3. The summed E-state index contributed by atoms with van der Waals surface area (Å²) in [6, 6.07) is 0. The molecule has 70 heavy (non-hydrogen) atoms. The molecule has 1 unspecified atom stereocenters. The van der Waals surface area contributed by atoms with E-state index in [1.165, 1.54) is 83.5 Å². The fourth-order valence-electron chi connectivity index (χ4n) is 7.43. The van der Waals surface area contributed by atoms with E-state index in [1.807, 2.05) is 6.08 Å². The van der Waals surface area contributed by atoms with Gasteiger partial charge in [-0.05, 0) is 116 Å². The standard InChI is InChI=1S/C64H104O6/c1-4-7-10-13-16-19-22-25-28-30-31-32-33-34-37-39-42-45-48-51-54-57-63(66)69-60-61(59-68-62(65)56-53-50-47-44-41-38-35-27-24-21-18-15-12-9-6-3)70-64(67)58-55-52-49-46-43-40-36-29-26-23-20-17-14-11-8-5-2/h9,12,18,20-23,25,27,29-31,33-36,41,44,50,53,61H,4-8,10-11,13-17,19,24,26,28,32,37-40,42-43,45-49,51-52,54-60H2,1-3H3/b12-9-,21-18-,23-20-,25-22-,31-30-,34-33-,35-27-,36-29-,44-41-,53-50-. The minimum atomic E-state index is -0.835. The molecule has 6 heteroatoms. The van der Waals surface area contributed by atoms with E-state index in [-0.39, 0.29) is 38.0 Å². The molecule has 0 aromatic heterocycles. The Kier molecular flexibility index (Phi) is 54.0. The molecule has 0 amide bonds. The van der Waals surface area contributed by atoms with Crippen LogP contribution in [0.2, 0.25) is 0 Å². The predicted molar refractivity (Wildman–Crippen MR) is 302 cm³/mol. The summed E-state index contributed by atoms with van der Waals surface area (Å²) in [5, 5.41) is 0. The second-order valence-electron chi connectivity index (χ2n) is 18.5. The molecule has 0 saturated carbocycles. The van der Waals surface area contributed by atoms with Gasteiger partial charge in [0.1, 0.15) is 13.2 Å². The number of carbonyl (C=O) groups excluding carboxylic acids is 3. The summed E-state index contributed by atoms with van der Waals surface area (Å²) in [7, 11) is 0. The number of rotatable bonds is 50. The highest BCUT2D eigenvalue weighted by atomic mass is 16.6. The van der Waals surface area contributed by atoms with Gasteiger partial charge in [-0.25, -0.2) is 0 Å². The van der Waals surface area contributed by atoms with Crippen LogP contribution in [0.5, 0.6) is 0 Å². The topological polar surface area (TPSA) is 78.9 Å². The van der Waals surface area contributed by atoms with Crippen molar-refractivity contribution in [2.75, 3.05) is 13.2 Å². The minimum Gasteiger partial charge on any atom is -0.462 e. The van der Waals surface area contributed by atoms with Gasteiger partial charge in [-0.2, -0.15) is 0 Å². The fourth-order valence-corrected chi connectivity index (χ4v) is 7.43. The van der Waals surface area contributed by atoms with E-state index in [0.717, 1.165) is 122 Å². The molecule has 0 heterocycles. The van der Waals surface area contributed by atoms with E-state index in [9.17, 15) is 14.4 Å². The van der Waals surface area contributed by atoms with Crippen LogP contribution in [0.1, 0.15) is 245 Å². The van der Waals surface area contributed by atoms with Crippen LogP contribution in [0, 0.1) is 0 Å². The van der Waals surface area contributed by atoms with Crippen LogP contribution in [0.3, 0.4) is 0 Å². The van der Waals surface area contributed by atoms with Crippen LogP contribution in [-0.2, 0) is 28.6 Å². The summed E-state index contributed by atoms with van der Waals surface area (Å²) in [6.45, 7) is 6.38. The maximum Gasteiger partial charge on any atom is 0.309 e. The molecule has 1 atom stereocenters. The first kappa shape index (κ1) is 65.8. The van der Waals surface area contributed by atoms with Crippen molar-refractivity contribution in [2.45, 2.75) is 252 Å². The Hall–Kier alpha value is -4.19. The lowest BCUT2D eigenvalue weighted by Gasteiger charge is -2.18. The largest absolute Gasteiger partial charge is 0.462 e. The van der Waals surface area contributed by atoms with E-state index < -0.39 is 12.1 Å². The van der Waals surface area contributed by atoms with Gasteiger partial charge in [0, 0.05) is 12.8 Å². The van der Waals surface area contributed by atoms with Crippen molar-refractivity contribution < 1.29 is 28.6 Å². The van der Waals surface area contributed by atoms with Gasteiger partial charge < -0.3 is 14.2 Å². The summed E-state index contributed by atoms with van der Waals surface area (Å²) in [5.74, 6) is -1.09. The van der Waals surface area contributed by atoms with Gasteiger partial charge in [0.2, 0.25) is 0 Å². The molecule has 0 aliphatic carbocycles. The molecule has 0 aliphatic rings. The first-order valence-corrected chi connectivity index (χ1v) is 28.5. The van der Waals surface area contributed by atoms with Crippen molar-refractivity contribution in [3.63, 3.8) is 0 Å². The molecule has 0 rings (SSSR count). The van der Waals surface area contributed by atoms with E-state index in [2.05, 4.69) is 130 Å². The van der Waals surface area contributed by atoms with Gasteiger partial charge in [-0.3, -0.25) is 14.4 Å². The molecule has 0 N–H and O–H groups in total. The van der Waals surface area contributed by atoms with Gasteiger partial charge in [0.05, 0.1) is 6.42 Å². The Labute approximate surface area is 431 Å². The Bertz CT molecular complexity index is 1490. The normalized spacial score (nSPS) is 13.0. The number of allylic oxidation sites excluding steroid dienone is 19. The monoisotopic (exact) mass is 969 g/mol. The average molecular weight is 970 g/mol. The second kappa shape index (κ2) is 57.4. The van der Waals surface area contributed by atoms with Crippen molar-refractivity contribution in [3.8, 4) is 0 Å². The molecular formula is C64H104O6. The minimum absolute atomic E-state index is 0.117. The molecule has 0 aromatic rings. The van der Waals surface area contributed by atoms with Crippen molar-refractivity contribution in [1.29, 1.82) is 0 Å². The second-order valence-corrected chi connectivity index (χ2v) is 18.5. The van der Waals surface area contributed by atoms with Gasteiger partial charge in [-0.1, -0.05) is 232 Å². The first-order chi connectivity index (χ1) is 34.5. The molecule has 0 spiro atoms. The molecule has 396 valence electrons. The molecule has 0 saturated heterocycles. The summed E-state index contributed by atoms with van der Waals surface area (Å²) in [6.07, 6.45) is 79.2. The third kappa shape index (κ3) is 54.7. The van der Waals surface area contributed by atoms with Gasteiger partial charge in [0.15, 0.2) is 6.10 Å². The maximum absolute atomic E-state index is 12.8. The molecule has 0 bridgehead atoms. The zero-order chi connectivity index (χ0) is 50.7. The highest BCUT2D eigenvalue weighted by Gasteiger charge is 2.19. The van der Waals surface area contributed by atoms with Crippen molar-refractivity contribution >= 4 is 17.9 Å². The molecule has 0 aliphatic heterocycles. The van der Waals surface area contributed by atoms with E-state index in [1.54, 1.807) is 6.08 Å². The van der Waals surface area contributed by atoms with Crippen molar-refractivity contribution in [2.24, 2.45) is 0 Å². The highest BCUT2D eigenvalue weighted by Crippen LogP contribution is 2.13. The molecular weight excluding hydrogens is 865 g/mol. The highest BCUT2D eigenvalue weighted by molar-refractivity contribution is 5.72. The Balaban J connectivity index is 4.53. The van der Waals surface area contributed by atoms with Crippen molar-refractivity contribution in [3.05, 3.63) is 122 Å². The van der Waals surface area contributed by atoms with E-state index >= 15 is 0 Å². The molecule has 0 radical (unpaired) electrons. The zero-order valence-electron chi connectivity index (χ0n) is 45.2. The van der Waals surface area contributed by atoms with Crippen LogP contribution < -0.4 is 0 Å². The SMILES string of the molecule is CC/C=C\C/C=C\C/C=C\C/C=C\C/C=C\CC(=O)OCC(COC(=O)CCCCCCCC/C=C\C/C=C\C/C=C\CCCCCCC)OC(=O)CCCCCCC/C=C\C/C=C\CCCCCC. The van der Waals surface area contributed by atoms with Gasteiger partial charge in [0.25, 0.3) is 0 Å². The third-order valence-electron chi connectivity index (χ3n) is 11.7. The maximum atomic E-state index is 12.8. The lowest BCUT2D eigenvalue weighted by atomic mass is 10.1. The van der Waals surface area contributed by atoms with E-state index in [0.29, 0.717) is 6.42 Å². The van der Waals surface area contributed by atoms with Crippen molar-refractivity contribution in [1.82, 2.24) is 0 Å². The van der Waals surface area contributed by atoms with Gasteiger partial charge in [-0.15, -0.1) is 0 Å². The third-order valence-corrected chi connectivity index (χ3v) is 11.7. The van der Waals surface area contributed by atoms with Gasteiger partial charge >= 0.3 is 17.9 Å². The van der Waals surface area contributed by atoms with Crippen LogP contribution >= 0.6 is 0 Å². The smallest absolute Gasteiger partial charge is 0.309 e. The van der Waals surface area contributed by atoms with Crippen LogP contribution in [0.15, 0.2) is 122 Å². The van der Waals surface area contributed by atoms with E-state index in [4.69, 9.17) is 14.2 Å². The Morgan fingerprint density at radius 1 is 0.314 bits per heavy atom. The van der Waals surface area contributed by atoms with Crippen LogP contribution in [0.4, 0.5) is 0 Å². The zero-order valence-corrected chi connectivity index (χ0v) is 45.2. The predicted octanol–water partition coefficient (Wildman–Crippen LogP) is 19.3. The summed E-state index contributed by atoms with van der Waals surface area (Å²) in [4.78, 5) is 38.1. The fraction of sp³-hybridized carbons (Fsp3) is 0.641. The quantitative estimate of drug-likeness (QED) is 0.0262. The summed E-state index contributed by atoms with van der Waals surface area (Å²) >= 11 is 0. The molecule has 6 nitrogen and oxygen atoms in total. The number of carbonyl (C=O) groups is 3. The first-order valence-electron chi connectivity index (χ1n) is 28.5.